The number of carbonyl (C=O) groups is 2. The molecule has 1 aliphatic rings. The second kappa shape index (κ2) is 11.8. The number of carbonyl (C=O) groups excluding carboxylic acids is 1. The Morgan fingerprint density at radius 3 is 2.90 bits per heavy atom. The van der Waals surface area contributed by atoms with Crippen LogP contribution < -0.4 is 0 Å². The minimum Gasteiger partial charge on any atom is -0.477 e. The van der Waals surface area contributed by atoms with Gasteiger partial charge in [-0.15, -0.1) is 23.2 Å². The molecule has 158 valence electrons. The van der Waals surface area contributed by atoms with Crippen LogP contribution in [-0.2, 0) is 11.2 Å². The highest BCUT2D eigenvalue weighted by Crippen LogP contribution is 2.23. The fourth-order valence-corrected chi connectivity index (χ4v) is 4.18. The van der Waals surface area contributed by atoms with Crippen molar-refractivity contribution in [2.75, 3.05) is 6.54 Å². The number of carboxylic acids is 1. The summed E-state index contributed by atoms with van der Waals surface area (Å²) in [4.78, 5) is 26.5. The van der Waals surface area contributed by atoms with Gasteiger partial charge in [0.2, 0.25) is 5.91 Å². The highest BCUT2D eigenvalue weighted by Gasteiger charge is 2.28. The second-order valence-electron chi connectivity index (χ2n) is 7.53. The largest absolute Gasteiger partial charge is 0.477 e. The number of aromatic carboxylic acids is 1. The van der Waals surface area contributed by atoms with Crippen molar-refractivity contribution in [3.63, 3.8) is 0 Å². The van der Waals surface area contributed by atoms with E-state index in [9.17, 15) is 14.7 Å². The zero-order valence-corrected chi connectivity index (χ0v) is 18.1. The van der Waals surface area contributed by atoms with Gasteiger partial charge in [0.1, 0.15) is 4.88 Å². The Morgan fingerprint density at radius 2 is 2.21 bits per heavy atom. The van der Waals surface area contributed by atoms with Gasteiger partial charge in [-0.2, -0.15) is 0 Å². The van der Waals surface area contributed by atoms with Crippen molar-refractivity contribution in [2.24, 2.45) is 5.92 Å². The van der Waals surface area contributed by atoms with Crippen LogP contribution >= 0.6 is 11.3 Å². The Bertz CT molecular complexity index is 773. The van der Waals surface area contributed by atoms with E-state index in [2.05, 4.69) is 18.8 Å². The van der Waals surface area contributed by atoms with Crippen molar-refractivity contribution in [2.45, 2.75) is 70.9 Å². The SMILES string of the molecule is CCCC#CCC(C)C(O)/C=C/[C@H]1CCC(=O)N1CCCc1ccc(C(=O)O)s1. The molecular formula is C23H31NO4S. The van der Waals surface area contributed by atoms with Crippen molar-refractivity contribution in [3.05, 3.63) is 34.0 Å². The number of amides is 1. The zero-order chi connectivity index (χ0) is 21.2. The van der Waals surface area contributed by atoms with Crippen LogP contribution in [0.1, 0.15) is 66.9 Å². The van der Waals surface area contributed by atoms with Gasteiger partial charge in [0.15, 0.2) is 0 Å². The van der Waals surface area contributed by atoms with Gasteiger partial charge in [-0.05, 0) is 43.7 Å². The van der Waals surface area contributed by atoms with E-state index < -0.39 is 12.1 Å². The van der Waals surface area contributed by atoms with Crippen LogP contribution in [0.2, 0.25) is 0 Å². The molecule has 1 saturated heterocycles. The van der Waals surface area contributed by atoms with Crippen LogP contribution in [0.4, 0.5) is 0 Å². The van der Waals surface area contributed by atoms with Crippen LogP contribution in [0, 0.1) is 17.8 Å². The lowest BCUT2D eigenvalue weighted by atomic mass is 10.00. The van der Waals surface area contributed by atoms with E-state index in [0.717, 1.165) is 37.0 Å². The number of hydrogen-bond acceptors (Lipinski definition) is 4. The third-order valence-electron chi connectivity index (χ3n) is 5.11. The number of carboxylic acid groups (broad SMARTS) is 1. The quantitative estimate of drug-likeness (QED) is 0.443. The molecule has 0 bridgehead atoms. The van der Waals surface area contributed by atoms with E-state index in [1.807, 2.05) is 24.0 Å². The standard InChI is InChI=1S/C23H31NO4S/c1-3-4-5-6-8-17(2)20(25)13-10-18-11-15-22(26)24(18)16-7-9-19-12-14-21(29-19)23(27)28/h10,12-14,17-18,20,25H,3-4,7-9,11,15-16H2,1-2H3,(H,27,28)/b13-10+/t17?,18-,20?/m0/s1. The molecule has 3 atom stereocenters. The van der Waals surface area contributed by atoms with Crippen molar-refractivity contribution >= 4 is 23.2 Å². The molecule has 0 aliphatic carbocycles. The van der Waals surface area contributed by atoms with E-state index in [0.29, 0.717) is 24.3 Å². The average Bonchev–Trinajstić information content (AvgIpc) is 3.31. The van der Waals surface area contributed by atoms with E-state index in [-0.39, 0.29) is 17.9 Å². The predicted octanol–water partition coefficient (Wildman–Crippen LogP) is 4.12. The molecule has 1 amide bonds. The number of aryl methyl sites for hydroxylation is 1. The van der Waals surface area contributed by atoms with Crippen LogP contribution in [0.5, 0.6) is 0 Å². The van der Waals surface area contributed by atoms with Gasteiger partial charge in [-0.1, -0.05) is 26.0 Å². The first-order chi connectivity index (χ1) is 13.9. The summed E-state index contributed by atoms with van der Waals surface area (Å²) in [6.07, 6.45) is 8.65. The number of unbranched alkanes of at least 4 members (excludes halogenated alkanes) is 1. The molecule has 1 aromatic heterocycles. The number of rotatable bonds is 10. The average molecular weight is 418 g/mol. The molecule has 1 aliphatic heterocycles. The molecular weight excluding hydrogens is 386 g/mol. The van der Waals surface area contributed by atoms with Crippen molar-refractivity contribution in [1.82, 2.24) is 4.90 Å². The highest BCUT2D eigenvalue weighted by atomic mass is 32.1. The summed E-state index contributed by atoms with van der Waals surface area (Å²) in [5.74, 6) is 5.53. The summed E-state index contributed by atoms with van der Waals surface area (Å²) in [7, 11) is 0. The topological polar surface area (TPSA) is 77.8 Å². The van der Waals surface area contributed by atoms with Crippen molar-refractivity contribution in [3.8, 4) is 11.8 Å². The lowest BCUT2D eigenvalue weighted by molar-refractivity contribution is -0.128. The Labute approximate surface area is 177 Å². The van der Waals surface area contributed by atoms with Gasteiger partial charge in [-0.25, -0.2) is 4.79 Å². The van der Waals surface area contributed by atoms with E-state index >= 15 is 0 Å². The third-order valence-corrected chi connectivity index (χ3v) is 6.24. The van der Waals surface area contributed by atoms with Crippen LogP contribution in [0.25, 0.3) is 0 Å². The molecule has 5 nitrogen and oxygen atoms in total. The summed E-state index contributed by atoms with van der Waals surface area (Å²) in [6.45, 7) is 4.72. The van der Waals surface area contributed by atoms with E-state index in [1.165, 1.54) is 11.3 Å². The summed E-state index contributed by atoms with van der Waals surface area (Å²) >= 11 is 1.29. The van der Waals surface area contributed by atoms with Crippen molar-refractivity contribution in [1.29, 1.82) is 0 Å². The maximum atomic E-state index is 12.2. The lowest BCUT2D eigenvalue weighted by Crippen LogP contribution is -2.33. The highest BCUT2D eigenvalue weighted by molar-refractivity contribution is 7.13. The van der Waals surface area contributed by atoms with Crippen LogP contribution in [-0.4, -0.2) is 45.7 Å². The summed E-state index contributed by atoms with van der Waals surface area (Å²) in [5, 5.41) is 19.4. The maximum absolute atomic E-state index is 12.2. The Hall–Kier alpha value is -2.10. The molecule has 29 heavy (non-hydrogen) atoms. The van der Waals surface area contributed by atoms with Gasteiger partial charge >= 0.3 is 5.97 Å². The fourth-order valence-electron chi connectivity index (χ4n) is 3.30. The van der Waals surface area contributed by atoms with Gasteiger partial charge in [-0.3, -0.25) is 4.79 Å². The molecule has 0 radical (unpaired) electrons. The van der Waals surface area contributed by atoms with Crippen LogP contribution in [0.15, 0.2) is 24.3 Å². The molecule has 2 heterocycles. The number of thiophene rings is 1. The fraction of sp³-hybridized carbons (Fsp3) is 0.565. The molecule has 0 spiro atoms. The molecule has 1 aromatic rings. The molecule has 2 unspecified atom stereocenters. The van der Waals surface area contributed by atoms with Gasteiger partial charge in [0, 0.05) is 30.7 Å². The monoisotopic (exact) mass is 417 g/mol. The summed E-state index contributed by atoms with van der Waals surface area (Å²) in [5.41, 5.74) is 0. The smallest absolute Gasteiger partial charge is 0.345 e. The Kier molecular flexibility index (Phi) is 9.43. The van der Waals surface area contributed by atoms with E-state index in [4.69, 9.17) is 5.11 Å². The summed E-state index contributed by atoms with van der Waals surface area (Å²) < 4.78 is 0. The molecule has 1 fully saturated rings. The number of nitrogens with zero attached hydrogens (tertiary/aromatic N) is 1. The summed E-state index contributed by atoms with van der Waals surface area (Å²) in [6, 6.07) is 3.50. The van der Waals surface area contributed by atoms with Gasteiger partial charge in [0.05, 0.1) is 12.1 Å². The molecule has 2 rings (SSSR count). The first-order valence-electron chi connectivity index (χ1n) is 10.4. The normalized spacial score (nSPS) is 18.7. The first-order valence-corrected chi connectivity index (χ1v) is 11.2. The molecule has 0 saturated carbocycles. The number of hydrogen-bond donors (Lipinski definition) is 2. The minimum atomic E-state index is -0.898. The molecule has 6 heteroatoms. The predicted molar refractivity (Wildman–Crippen MR) is 116 cm³/mol. The van der Waals surface area contributed by atoms with Crippen LogP contribution in [0.3, 0.4) is 0 Å². The number of aliphatic hydroxyl groups is 1. The van der Waals surface area contributed by atoms with Gasteiger partial charge in [0.25, 0.3) is 0 Å². The number of aliphatic hydroxyl groups excluding tert-OH is 1. The van der Waals surface area contributed by atoms with Gasteiger partial charge < -0.3 is 15.1 Å². The Balaban J connectivity index is 1.83. The maximum Gasteiger partial charge on any atom is 0.345 e. The molecule has 0 aromatic carbocycles. The number of likely N-dealkylation sites (tertiary alicyclic amines) is 1. The minimum absolute atomic E-state index is 0.0217. The lowest BCUT2D eigenvalue weighted by Gasteiger charge is -2.23. The third kappa shape index (κ3) is 7.34. The first kappa shape index (κ1) is 23.2. The molecule has 2 N–H and O–H groups in total. The second-order valence-corrected chi connectivity index (χ2v) is 8.70. The Morgan fingerprint density at radius 1 is 1.41 bits per heavy atom. The zero-order valence-electron chi connectivity index (χ0n) is 17.3. The van der Waals surface area contributed by atoms with E-state index in [1.54, 1.807) is 12.1 Å². The van der Waals surface area contributed by atoms with Crippen molar-refractivity contribution < 1.29 is 19.8 Å².